The second-order valence-corrected chi connectivity index (χ2v) is 6.87. The minimum absolute atomic E-state index is 0.0341. The molecule has 8 heteroatoms. The van der Waals surface area contributed by atoms with E-state index in [0.717, 1.165) is 15.0 Å². The number of benzene rings is 1. The number of fused-ring (bicyclic) bond motifs is 1. The molecule has 0 spiro atoms. The van der Waals surface area contributed by atoms with E-state index in [1.807, 2.05) is 23.6 Å². The maximum absolute atomic E-state index is 12.0. The zero-order valence-corrected chi connectivity index (χ0v) is 14.7. The van der Waals surface area contributed by atoms with Gasteiger partial charge in [0.05, 0.1) is 5.69 Å². The molecular weight excluding hydrogens is 366 g/mol. The summed E-state index contributed by atoms with van der Waals surface area (Å²) >= 11 is 1.51. The maximum Gasteiger partial charge on any atom is 0.417 e. The number of hydrogen-bond acceptors (Lipinski definition) is 5. The van der Waals surface area contributed by atoms with Gasteiger partial charge in [0.15, 0.2) is 0 Å². The SMILES string of the molecule is N#Cc1ccc(-c2ccc3c(c2)C(c2cccs2)OCC(=O)N3)n1C(=O)O. The largest absolute Gasteiger partial charge is 0.464 e. The van der Waals surface area contributed by atoms with Crippen LogP contribution >= 0.6 is 11.3 Å². The van der Waals surface area contributed by atoms with Crippen LogP contribution in [0.25, 0.3) is 11.3 Å². The number of rotatable bonds is 2. The van der Waals surface area contributed by atoms with Crippen molar-refractivity contribution >= 4 is 29.0 Å². The van der Waals surface area contributed by atoms with Crippen LogP contribution in [0.15, 0.2) is 47.8 Å². The molecule has 0 bridgehead atoms. The van der Waals surface area contributed by atoms with Crippen LogP contribution in [0.2, 0.25) is 0 Å². The molecule has 3 aromatic rings. The van der Waals surface area contributed by atoms with Gasteiger partial charge in [0, 0.05) is 16.1 Å². The van der Waals surface area contributed by atoms with E-state index in [0.29, 0.717) is 16.9 Å². The molecule has 1 aromatic carbocycles. The molecule has 1 unspecified atom stereocenters. The summed E-state index contributed by atoms with van der Waals surface area (Å²) in [5.41, 5.74) is 2.37. The van der Waals surface area contributed by atoms with Gasteiger partial charge in [-0.25, -0.2) is 9.36 Å². The summed E-state index contributed by atoms with van der Waals surface area (Å²) in [4.78, 5) is 24.5. The second-order valence-electron chi connectivity index (χ2n) is 5.89. The third-order valence-electron chi connectivity index (χ3n) is 4.27. The molecule has 0 saturated carbocycles. The molecule has 1 aliphatic heterocycles. The van der Waals surface area contributed by atoms with Crippen LogP contribution < -0.4 is 5.32 Å². The molecule has 0 aliphatic carbocycles. The molecule has 1 atom stereocenters. The van der Waals surface area contributed by atoms with E-state index in [4.69, 9.17) is 10.00 Å². The molecule has 134 valence electrons. The van der Waals surface area contributed by atoms with E-state index in [1.54, 1.807) is 24.3 Å². The number of carboxylic acid groups (broad SMARTS) is 1. The number of anilines is 1. The Morgan fingerprint density at radius 3 is 2.89 bits per heavy atom. The Hall–Kier alpha value is -3.41. The quantitative estimate of drug-likeness (QED) is 0.707. The van der Waals surface area contributed by atoms with Crippen LogP contribution in [0.4, 0.5) is 10.5 Å². The van der Waals surface area contributed by atoms with Gasteiger partial charge in [-0.15, -0.1) is 11.3 Å². The van der Waals surface area contributed by atoms with Crippen molar-refractivity contribution in [3.63, 3.8) is 0 Å². The zero-order chi connectivity index (χ0) is 19.0. The number of hydrogen-bond donors (Lipinski definition) is 2. The van der Waals surface area contributed by atoms with Crippen LogP contribution in [0, 0.1) is 11.3 Å². The summed E-state index contributed by atoms with van der Waals surface area (Å²) in [6, 6.07) is 14.0. The average Bonchev–Trinajstić information content (AvgIpc) is 3.29. The Bertz CT molecular complexity index is 1080. The fourth-order valence-electron chi connectivity index (χ4n) is 3.12. The fraction of sp³-hybridized carbons (Fsp3) is 0.105. The van der Waals surface area contributed by atoms with Crippen molar-refractivity contribution in [2.75, 3.05) is 11.9 Å². The molecule has 0 radical (unpaired) electrons. The van der Waals surface area contributed by atoms with Gasteiger partial charge in [0.1, 0.15) is 24.5 Å². The van der Waals surface area contributed by atoms with Crippen LogP contribution in [0.3, 0.4) is 0 Å². The Labute approximate surface area is 158 Å². The molecule has 1 amide bonds. The lowest BCUT2D eigenvalue weighted by Crippen LogP contribution is -2.15. The first-order chi connectivity index (χ1) is 13.1. The number of ether oxygens (including phenoxy) is 1. The van der Waals surface area contributed by atoms with E-state index in [9.17, 15) is 14.7 Å². The predicted molar refractivity (Wildman–Crippen MR) is 98.7 cm³/mol. The monoisotopic (exact) mass is 379 g/mol. The normalized spacial score (nSPS) is 16.1. The third-order valence-corrected chi connectivity index (χ3v) is 5.19. The summed E-state index contributed by atoms with van der Waals surface area (Å²) in [6.07, 6.45) is -1.68. The molecule has 7 nitrogen and oxygen atoms in total. The summed E-state index contributed by atoms with van der Waals surface area (Å²) in [5, 5.41) is 23.4. The number of nitrogens with one attached hydrogen (secondary N) is 1. The third kappa shape index (κ3) is 2.99. The summed E-state index contributed by atoms with van der Waals surface area (Å²) in [6.45, 7) is -0.0728. The number of nitrogens with zero attached hydrogens (tertiary/aromatic N) is 2. The minimum Gasteiger partial charge on any atom is -0.464 e. The standard InChI is InChI=1S/C19H13N3O4S/c20-9-12-4-6-15(22(12)19(24)25)11-3-5-14-13(8-11)18(16-2-1-7-27-16)26-10-17(23)21-14/h1-8,18H,10H2,(H,21,23)(H,24,25). The highest BCUT2D eigenvalue weighted by molar-refractivity contribution is 7.10. The Morgan fingerprint density at radius 2 is 2.19 bits per heavy atom. The Kier molecular flexibility index (Phi) is 4.24. The molecule has 2 N–H and O–H groups in total. The second kappa shape index (κ2) is 6.72. The average molecular weight is 379 g/mol. The molecule has 2 aromatic heterocycles. The molecular formula is C19H13N3O4S. The van der Waals surface area contributed by atoms with Gasteiger partial charge in [-0.1, -0.05) is 12.1 Å². The van der Waals surface area contributed by atoms with Crippen molar-refractivity contribution in [3.05, 3.63) is 64.0 Å². The number of thiophene rings is 1. The summed E-state index contributed by atoms with van der Waals surface area (Å²) < 4.78 is 6.75. The van der Waals surface area contributed by atoms with Gasteiger partial charge >= 0.3 is 6.09 Å². The van der Waals surface area contributed by atoms with Crippen molar-refractivity contribution < 1.29 is 19.4 Å². The van der Waals surface area contributed by atoms with Crippen LogP contribution in [0.1, 0.15) is 22.2 Å². The molecule has 3 heterocycles. The first-order valence-electron chi connectivity index (χ1n) is 8.03. The Balaban J connectivity index is 1.88. The highest BCUT2D eigenvalue weighted by Crippen LogP contribution is 2.38. The van der Waals surface area contributed by atoms with Gasteiger partial charge in [-0.05, 0) is 41.3 Å². The lowest BCUT2D eigenvalue weighted by molar-refractivity contribution is -0.121. The van der Waals surface area contributed by atoms with Gasteiger partial charge in [-0.2, -0.15) is 5.26 Å². The minimum atomic E-state index is -1.24. The van der Waals surface area contributed by atoms with Crippen molar-refractivity contribution in [1.29, 1.82) is 5.26 Å². The smallest absolute Gasteiger partial charge is 0.417 e. The summed E-state index contributed by atoms with van der Waals surface area (Å²) in [5.74, 6) is -0.247. The first-order valence-corrected chi connectivity index (χ1v) is 8.91. The lowest BCUT2D eigenvalue weighted by atomic mass is 10.0. The predicted octanol–water partition coefficient (Wildman–Crippen LogP) is 3.67. The van der Waals surface area contributed by atoms with E-state index in [-0.39, 0.29) is 18.2 Å². The molecule has 0 fully saturated rings. The molecule has 1 aliphatic rings. The molecule has 4 rings (SSSR count). The topological polar surface area (TPSA) is 104 Å². The zero-order valence-electron chi connectivity index (χ0n) is 13.9. The van der Waals surface area contributed by atoms with Gasteiger partial charge in [-0.3, -0.25) is 4.79 Å². The van der Waals surface area contributed by atoms with E-state index < -0.39 is 12.2 Å². The van der Waals surface area contributed by atoms with Crippen LogP contribution in [-0.4, -0.2) is 28.3 Å². The van der Waals surface area contributed by atoms with E-state index >= 15 is 0 Å². The number of aromatic nitrogens is 1. The molecule has 27 heavy (non-hydrogen) atoms. The Morgan fingerprint density at radius 1 is 1.33 bits per heavy atom. The van der Waals surface area contributed by atoms with Crippen LogP contribution in [0.5, 0.6) is 0 Å². The number of nitriles is 1. The van der Waals surface area contributed by atoms with Gasteiger partial charge in [0.25, 0.3) is 0 Å². The number of carbonyl (C=O) groups is 2. The van der Waals surface area contributed by atoms with E-state index in [2.05, 4.69) is 5.32 Å². The van der Waals surface area contributed by atoms with E-state index in [1.165, 1.54) is 17.4 Å². The fourth-order valence-corrected chi connectivity index (χ4v) is 3.91. The number of carbonyl (C=O) groups excluding carboxylic acids is 1. The highest BCUT2D eigenvalue weighted by atomic mass is 32.1. The maximum atomic E-state index is 12.0. The first kappa shape index (κ1) is 17.0. The van der Waals surface area contributed by atoms with Gasteiger partial charge < -0.3 is 15.2 Å². The van der Waals surface area contributed by atoms with Crippen molar-refractivity contribution in [1.82, 2.24) is 4.57 Å². The van der Waals surface area contributed by atoms with Crippen molar-refractivity contribution in [2.45, 2.75) is 6.10 Å². The van der Waals surface area contributed by atoms with Crippen molar-refractivity contribution in [2.24, 2.45) is 0 Å². The van der Waals surface area contributed by atoms with Crippen molar-refractivity contribution in [3.8, 4) is 17.3 Å². The van der Waals surface area contributed by atoms with Crippen LogP contribution in [-0.2, 0) is 9.53 Å². The molecule has 0 saturated heterocycles. The summed E-state index contributed by atoms with van der Waals surface area (Å²) in [7, 11) is 0. The highest BCUT2D eigenvalue weighted by Gasteiger charge is 2.26. The number of amides is 1. The van der Waals surface area contributed by atoms with Gasteiger partial charge in [0.2, 0.25) is 5.91 Å². The lowest BCUT2D eigenvalue weighted by Gasteiger charge is -2.17.